The summed E-state index contributed by atoms with van der Waals surface area (Å²) in [6, 6.07) is 18.8. The van der Waals surface area contributed by atoms with Crippen LogP contribution < -0.4 is 4.90 Å². The molecule has 116 valence electrons. The second-order valence-corrected chi connectivity index (χ2v) is 5.56. The van der Waals surface area contributed by atoms with Crippen molar-refractivity contribution < 1.29 is 9.90 Å². The second-order valence-electron chi connectivity index (χ2n) is 5.56. The molecular weight excluding hydrogens is 274 g/mol. The third kappa shape index (κ3) is 5.24. The van der Waals surface area contributed by atoms with Crippen LogP contribution in [0.1, 0.15) is 24.0 Å². The van der Waals surface area contributed by atoms with Crippen molar-refractivity contribution in [2.45, 2.75) is 26.2 Å². The summed E-state index contributed by atoms with van der Waals surface area (Å²) in [5.74, 6) is -0.729. The van der Waals surface area contributed by atoms with Gasteiger partial charge in [-0.3, -0.25) is 4.79 Å². The molecule has 22 heavy (non-hydrogen) atoms. The molecule has 2 rings (SSSR count). The summed E-state index contributed by atoms with van der Waals surface area (Å²) in [6.07, 6.45) is 1.84. The number of hydrogen-bond donors (Lipinski definition) is 1. The van der Waals surface area contributed by atoms with E-state index in [0.29, 0.717) is 6.42 Å². The highest BCUT2D eigenvalue weighted by Crippen LogP contribution is 2.17. The van der Waals surface area contributed by atoms with Crippen LogP contribution in [0.25, 0.3) is 0 Å². The zero-order valence-corrected chi connectivity index (χ0v) is 13.0. The molecule has 3 heteroatoms. The number of aryl methyl sites for hydroxylation is 1. The van der Waals surface area contributed by atoms with E-state index in [9.17, 15) is 4.79 Å². The molecule has 0 spiro atoms. The van der Waals surface area contributed by atoms with Gasteiger partial charge in [0, 0.05) is 25.2 Å². The minimum Gasteiger partial charge on any atom is -0.481 e. The Morgan fingerprint density at radius 2 is 1.82 bits per heavy atom. The predicted octanol–water partition coefficient (Wildman–Crippen LogP) is 3.91. The molecule has 0 aliphatic rings. The van der Waals surface area contributed by atoms with Crippen LogP contribution in [0.5, 0.6) is 0 Å². The molecule has 0 saturated carbocycles. The van der Waals surface area contributed by atoms with Gasteiger partial charge in [0.2, 0.25) is 0 Å². The Kier molecular flexibility index (Phi) is 6.01. The normalized spacial score (nSPS) is 10.4. The average Bonchev–Trinajstić information content (AvgIpc) is 2.51. The van der Waals surface area contributed by atoms with Gasteiger partial charge in [0.05, 0.1) is 0 Å². The Morgan fingerprint density at radius 3 is 2.50 bits per heavy atom. The smallest absolute Gasteiger partial charge is 0.303 e. The monoisotopic (exact) mass is 297 g/mol. The molecule has 3 nitrogen and oxygen atoms in total. The standard InChI is InChI=1S/C19H23NO2/c1-16-7-5-10-18(15-16)20(13-6-11-19(21)22)14-12-17-8-3-2-4-9-17/h2-5,7-10,15H,6,11-14H2,1H3,(H,21,22). The molecule has 1 N–H and O–H groups in total. The van der Waals surface area contributed by atoms with Crippen LogP contribution in [0.4, 0.5) is 5.69 Å². The highest BCUT2D eigenvalue weighted by Gasteiger charge is 2.08. The molecule has 2 aromatic carbocycles. The summed E-state index contributed by atoms with van der Waals surface area (Å²) in [6.45, 7) is 3.74. The van der Waals surface area contributed by atoms with Gasteiger partial charge in [-0.2, -0.15) is 0 Å². The van der Waals surface area contributed by atoms with Gasteiger partial charge in [0.1, 0.15) is 0 Å². The molecule has 0 aromatic heterocycles. The van der Waals surface area contributed by atoms with Crippen molar-refractivity contribution in [3.63, 3.8) is 0 Å². The van der Waals surface area contributed by atoms with Crippen molar-refractivity contribution in [2.24, 2.45) is 0 Å². The van der Waals surface area contributed by atoms with E-state index in [0.717, 1.165) is 19.5 Å². The summed E-state index contributed by atoms with van der Waals surface area (Å²) in [4.78, 5) is 13.0. The van der Waals surface area contributed by atoms with Gasteiger partial charge < -0.3 is 10.0 Å². The molecule has 0 saturated heterocycles. The Bertz CT molecular complexity index is 595. The van der Waals surface area contributed by atoms with Crippen molar-refractivity contribution in [3.05, 3.63) is 65.7 Å². The fourth-order valence-corrected chi connectivity index (χ4v) is 2.52. The first kappa shape index (κ1) is 16.1. The topological polar surface area (TPSA) is 40.5 Å². The summed E-state index contributed by atoms with van der Waals surface area (Å²) in [7, 11) is 0. The van der Waals surface area contributed by atoms with Crippen LogP contribution in [-0.2, 0) is 11.2 Å². The van der Waals surface area contributed by atoms with E-state index in [4.69, 9.17) is 5.11 Å². The number of aliphatic carboxylic acids is 1. The summed E-state index contributed by atoms with van der Waals surface area (Å²) in [5, 5.41) is 8.83. The van der Waals surface area contributed by atoms with Crippen LogP contribution in [0, 0.1) is 6.92 Å². The Hall–Kier alpha value is -2.29. The number of hydrogen-bond acceptors (Lipinski definition) is 2. The Balaban J connectivity index is 2.02. The largest absolute Gasteiger partial charge is 0.481 e. The molecule has 0 unspecified atom stereocenters. The summed E-state index contributed by atoms with van der Waals surface area (Å²) >= 11 is 0. The second kappa shape index (κ2) is 8.23. The first-order valence-corrected chi connectivity index (χ1v) is 7.72. The van der Waals surface area contributed by atoms with E-state index in [1.54, 1.807) is 0 Å². The van der Waals surface area contributed by atoms with Gasteiger partial charge in [-0.05, 0) is 43.0 Å². The van der Waals surface area contributed by atoms with Gasteiger partial charge in [0.25, 0.3) is 0 Å². The van der Waals surface area contributed by atoms with E-state index < -0.39 is 5.97 Å². The summed E-state index contributed by atoms with van der Waals surface area (Å²) < 4.78 is 0. The molecule has 2 aromatic rings. The van der Waals surface area contributed by atoms with Crippen LogP contribution in [0.15, 0.2) is 54.6 Å². The number of carboxylic acids is 1. The molecule has 0 heterocycles. The molecule has 0 fully saturated rings. The van der Waals surface area contributed by atoms with E-state index >= 15 is 0 Å². The molecule has 0 bridgehead atoms. The number of carbonyl (C=O) groups is 1. The molecule has 0 amide bonds. The van der Waals surface area contributed by atoms with Gasteiger partial charge in [-0.25, -0.2) is 0 Å². The molecule has 0 aliphatic carbocycles. The molecule has 0 aliphatic heterocycles. The molecule has 0 atom stereocenters. The van der Waals surface area contributed by atoms with E-state index in [-0.39, 0.29) is 6.42 Å². The molecule has 0 radical (unpaired) electrons. The van der Waals surface area contributed by atoms with Crippen molar-refractivity contribution in [2.75, 3.05) is 18.0 Å². The van der Waals surface area contributed by atoms with Crippen LogP contribution in [-0.4, -0.2) is 24.2 Å². The van der Waals surface area contributed by atoms with Crippen LogP contribution >= 0.6 is 0 Å². The van der Waals surface area contributed by atoms with Gasteiger partial charge in [0.15, 0.2) is 0 Å². The number of nitrogens with zero attached hydrogens (tertiary/aromatic N) is 1. The lowest BCUT2D eigenvalue weighted by atomic mass is 10.1. The molecular formula is C19H23NO2. The zero-order chi connectivity index (χ0) is 15.8. The Labute approximate surface area is 132 Å². The maximum atomic E-state index is 10.7. The van der Waals surface area contributed by atoms with E-state index in [2.05, 4.69) is 60.4 Å². The zero-order valence-electron chi connectivity index (χ0n) is 13.0. The third-order valence-electron chi connectivity index (χ3n) is 3.70. The van der Waals surface area contributed by atoms with Gasteiger partial charge in [-0.15, -0.1) is 0 Å². The maximum Gasteiger partial charge on any atom is 0.303 e. The van der Waals surface area contributed by atoms with E-state index in [1.165, 1.54) is 16.8 Å². The van der Waals surface area contributed by atoms with Crippen molar-refractivity contribution in [1.29, 1.82) is 0 Å². The lowest BCUT2D eigenvalue weighted by Crippen LogP contribution is -2.27. The number of rotatable bonds is 8. The minimum absolute atomic E-state index is 0.216. The highest BCUT2D eigenvalue weighted by atomic mass is 16.4. The number of benzene rings is 2. The first-order valence-electron chi connectivity index (χ1n) is 7.72. The van der Waals surface area contributed by atoms with Gasteiger partial charge >= 0.3 is 5.97 Å². The van der Waals surface area contributed by atoms with Crippen molar-refractivity contribution in [1.82, 2.24) is 0 Å². The quantitative estimate of drug-likeness (QED) is 0.803. The van der Waals surface area contributed by atoms with Crippen molar-refractivity contribution >= 4 is 11.7 Å². The lowest BCUT2D eigenvalue weighted by molar-refractivity contribution is -0.137. The average molecular weight is 297 g/mol. The number of anilines is 1. The lowest BCUT2D eigenvalue weighted by Gasteiger charge is -2.25. The Morgan fingerprint density at radius 1 is 1.05 bits per heavy atom. The van der Waals surface area contributed by atoms with E-state index in [1.807, 2.05) is 6.07 Å². The first-order chi connectivity index (χ1) is 10.6. The van der Waals surface area contributed by atoms with Crippen LogP contribution in [0.3, 0.4) is 0 Å². The van der Waals surface area contributed by atoms with Crippen molar-refractivity contribution in [3.8, 4) is 0 Å². The highest BCUT2D eigenvalue weighted by molar-refractivity contribution is 5.66. The third-order valence-corrected chi connectivity index (χ3v) is 3.70. The fraction of sp³-hybridized carbons (Fsp3) is 0.316. The summed E-state index contributed by atoms with van der Waals surface area (Å²) in [5.41, 5.74) is 3.69. The van der Waals surface area contributed by atoms with Gasteiger partial charge in [-0.1, -0.05) is 42.5 Å². The predicted molar refractivity (Wildman–Crippen MR) is 90.4 cm³/mol. The number of carboxylic acid groups (broad SMARTS) is 1. The maximum absolute atomic E-state index is 10.7. The SMILES string of the molecule is Cc1cccc(N(CCCC(=O)O)CCc2ccccc2)c1. The fourth-order valence-electron chi connectivity index (χ4n) is 2.52. The van der Waals surface area contributed by atoms with Crippen LogP contribution in [0.2, 0.25) is 0 Å². The minimum atomic E-state index is -0.729.